The summed E-state index contributed by atoms with van der Waals surface area (Å²) >= 11 is 1.61. The number of alkyl halides is 3. The van der Waals surface area contributed by atoms with Crippen LogP contribution in [0, 0.1) is 17.3 Å². The van der Waals surface area contributed by atoms with E-state index >= 15 is 0 Å². The minimum absolute atomic E-state index is 0.0960. The number of fused-ring (bicyclic) bond motifs is 3. The average Bonchev–Trinajstić information content (AvgIpc) is 3.04. The van der Waals surface area contributed by atoms with Gasteiger partial charge in [0.05, 0.1) is 16.1 Å². The molecular formula is C23H24F3NS. The zero-order chi connectivity index (χ0) is 20.3. The lowest BCUT2D eigenvalue weighted by Crippen LogP contribution is -2.36. The van der Waals surface area contributed by atoms with Gasteiger partial charge in [-0.15, -0.1) is 11.3 Å². The van der Waals surface area contributed by atoms with E-state index in [1.54, 1.807) is 11.3 Å². The molecule has 2 aromatic rings. The summed E-state index contributed by atoms with van der Waals surface area (Å²) in [6.07, 6.45) is 1.04. The zero-order valence-electron chi connectivity index (χ0n) is 16.4. The van der Waals surface area contributed by atoms with Crippen LogP contribution >= 0.6 is 11.3 Å². The molecule has 1 aromatic carbocycles. The lowest BCUT2D eigenvalue weighted by atomic mass is 9.59. The molecule has 1 nitrogen and oxygen atoms in total. The number of benzene rings is 1. The molecule has 0 aliphatic heterocycles. The minimum atomic E-state index is -4.31. The lowest BCUT2D eigenvalue weighted by Gasteiger charge is -2.46. The van der Waals surface area contributed by atoms with Crippen LogP contribution in [0.1, 0.15) is 49.7 Å². The van der Waals surface area contributed by atoms with Crippen LogP contribution in [0.15, 0.2) is 42.5 Å². The molecule has 1 aromatic heterocycles. The van der Waals surface area contributed by atoms with E-state index < -0.39 is 11.7 Å². The third-order valence-electron chi connectivity index (χ3n) is 6.58. The molecule has 0 fully saturated rings. The van der Waals surface area contributed by atoms with E-state index in [1.807, 2.05) is 0 Å². The highest BCUT2D eigenvalue weighted by atomic mass is 32.1. The van der Waals surface area contributed by atoms with Gasteiger partial charge in [0.15, 0.2) is 0 Å². The number of halogens is 3. The summed E-state index contributed by atoms with van der Waals surface area (Å²) in [7, 11) is 0. The van der Waals surface area contributed by atoms with Crippen molar-refractivity contribution in [1.82, 2.24) is 4.98 Å². The Morgan fingerprint density at radius 1 is 1.25 bits per heavy atom. The van der Waals surface area contributed by atoms with Crippen LogP contribution in [0.2, 0.25) is 0 Å². The fourth-order valence-electron chi connectivity index (χ4n) is 4.53. The van der Waals surface area contributed by atoms with Crippen LogP contribution in [0.25, 0.3) is 16.1 Å². The van der Waals surface area contributed by atoms with Crippen LogP contribution in [0.3, 0.4) is 0 Å². The Morgan fingerprint density at radius 3 is 2.54 bits per heavy atom. The Kier molecular flexibility index (Phi) is 4.57. The van der Waals surface area contributed by atoms with Gasteiger partial charge in [-0.2, -0.15) is 13.2 Å². The third-order valence-corrected chi connectivity index (χ3v) is 7.76. The number of allylic oxidation sites excluding steroid dienone is 3. The molecule has 0 bridgehead atoms. The van der Waals surface area contributed by atoms with E-state index in [1.165, 1.54) is 28.2 Å². The maximum absolute atomic E-state index is 12.8. The fraction of sp³-hybridized carbons (Fsp3) is 0.435. The first-order valence-electron chi connectivity index (χ1n) is 9.63. The van der Waals surface area contributed by atoms with Gasteiger partial charge in [-0.1, -0.05) is 44.2 Å². The van der Waals surface area contributed by atoms with Gasteiger partial charge in [-0.05, 0) is 61.1 Å². The molecule has 28 heavy (non-hydrogen) atoms. The summed E-state index contributed by atoms with van der Waals surface area (Å²) in [6, 6.07) is 5.34. The van der Waals surface area contributed by atoms with E-state index in [-0.39, 0.29) is 5.41 Å². The van der Waals surface area contributed by atoms with Crippen LogP contribution in [0.4, 0.5) is 13.2 Å². The first-order chi connectivity index (χ1) is 13.1. The molecule has 2 aliphatic carbocycles. The van der Waals surface area contributed by atoms with E-state index in [2.05, 4.69) is 33.4 Å². The van der Waals surface area contributed by atoms with E-state index in [9.17, 15) is 13.2 Å². The van der Waals surface area contributed by atoms with Crippen LogP contribution in [-0.4, -0.2) is 4.98 Å². The normalized spacial score (nSPS) is 27.0. The largest absolute Gasteiger partial charge is 0.416 e. The molecule has 0 amide bonds. The van der Waals surface area contributed by atoms with Crippen LogP contribution < -0.4 is 0 Å². The summed E-state index contributed by atoms with van der Waals surface area (Å²) in [5, 5.41) is 0.804. The van der Waals surface area contributed by atoms with Crippen molar-refractivity contribution in [3.63, 3.8) is 0 Å². The number of aromatic nitrogens is 1. The maximum Gasteiger partial charge on any atom is 0.416 e. The summed E-state index contributed by atoms with van der Waals surface area (Å²) in [5.74, 6) is 0.982. The van der Waals surface area contributed by atoms with Gasteiger partial charge >= 0.3 is 6.18 Å². The molecular weight excluding hydrogens is 379 g/mol. The highest BCUT2D eigenvalue weighted by molar-refractivity contribution is 7.16. The summed E-state index contributed by atoms with van der Waals surface area (Å²) < 4.78 is 38.5. The first-order valence-corrected chi connectivity index (χ1v) is 10.4. The second-order valence-corrected chi connectivity index (χ2v) is 9.49. The lowest BCUT2D eigenvalue weighted by molar-refractivity contribution is -0.137. The Bertz CT molecular complexity index is 951. The van der Waals surface area contributed by atoms with E-state index in [0.717, 1.165) is 47.7 Å². The molecule has 4 rings (SSSR count). The molecule has 0 spiro atoms. The van der Waals surface area contributed by atoms with Crippen LogP contribution in [-0.2, 0) is 12.6 Å². The van der Waals surface area contributed by atoms with Crippen LogP contribution in [0.5, 0.6) is 0 Å². The van der Waals surface area contributed by atoms with Gasteiger partial charge in [0.2, 0.25) is 0 Å². The van der Waals surface area contributed by atoms with Crippen molar-refractivity contribution in [3.8, 4) is 10.6 Å². The molecule has 2 aliphatic rings. The van der Waals surface area contributed by atoms with Gasteiger partial charge in [0.1, 0.15) is 5.01 Å². The van der Waals surface area contributed by atoms with Crippen molar-refractivity contribution in [2.45, 2.75) is 46.2 Å². The molecule has 0 saturated heterocycles. The second-order valence-electron chi connectivity index (χ2n) is 8.49. The highest BCUT2D eigenvalue weighted by Crippen LogP contribution is 2.57. The number of hydrogen-bond donors (Lipinski definition) is 0. The van der Waals surface area contributed by atoms with Crippen molar-refractivity contribution in [1.29, 1.82) is 0 Å². The Morgan fingerprint density at radius 2 is 1.93 bits per heavy atom. The molecule has 148 valence electrons. The second kappa shape index (κ2) is 6.58. The van der Waals surface area contributed by atoms with Crippen molar-refractivity contribution < 1.29 is 13.2 Å². The summed E-state index contributed by atoms with van der Waals surface area (Å²) in [5.41, 5.74) is 3.92. The van der Waals surface area contributed by atoms with Gasteiger partial charge in [-0.25, -0.2) is 4.98 Å². The smallest absolute Gasteiger partial charge is 0.240 e. The maximum atomic E-state index is 12.8. The molecule has 0 saturated carbocycles. The number of hydrogen-bond acceptors (Lipinski definition) is 2. The Hall–Kier alpha value is -1.88. The standard InChI is InChI=1S/C23H24F3NS/c1-13(2)16-7-10-18-20-19(11-14(3)22(18,4)12-16)27-21(28-20)15-5-8-17(9-6-15)23(24,25)26/h5-6,8-10,14,16H,1,7,11-12H2,2-4H3/t14-,16-,22+/m1/s1. The van der Waals surface area contributed by atoms with Crippen molar-refractivity contribution >= 4 is 16.9 Å². The Balaban J connectivity index is 1.72. The van der Waals surface area contributed by atoms with Crippen molar-refractivity contribution in [3.05, 3.63) is 58.6 Å². The molecule has 5 heteroatoms. The third kappa shape index (κ3) is 3.14. The van der Waals surface area contributed by atoms with Gasteiger partial charge in [0, 0.05) is 5.56 Å². The number of rotatable bonds is 2. The molecule has 1 heterocycles. The van der Waals surface area contributed by atoms with Crippen molar-refractivity contribution in [2.24, 2.45) is 17.3 Å². The average molecular weight is 404 g/mol. The molecule has 3 atom stereocenters. The predicted molar refractivity (Wildman–Crippen MR) is 109 cm³/mol. The van der Waals surface area contributed by atoms with Crippen molar-refractivity contribution in [2.75, 3.05) is 0 Å². The minimum Gasteiger partial charge on any atom is -0.240 e. The number of nitrogens with zero attached hydrogens (tertiary/aromatic N) is 1. The van der Waals surface area contributed by atoms with Gasteiger partial charge < -0.3 is 0 Å². The predicted octanol–water partition coefficient (Wildman–Crippen LogP) is 7.40. The SMILES string of the molecule is C=C(C)[C@@H]1CC=C2c3sc(-c4ccc(C(F)(F)F)cc4)nc3C[C@@H](C)[C@]2(C)C1. The Labute approximate surface area is 168 Å². The highest BCUT2D eigenvalue weighted by Gasteiger charge is 2.45. The topological polar surface area (TPSA) is 12.9 Å². The van der Waals surface area contributed by atoms with E-state index in [4.69, 9.17) is 4.98 Å². The monoisotopic (exact) mass is 403 g/mol. The summed E-state index contributed by atoms with van der Waals surface area (Å²) in [4.78, 5) is 6.04. The quantitative estimate of drug-likeness (QED) is 0.476. The first kappa shape index (κ1) is 19.4. The zero-order valence-corrected chi connectivity index (χ0v) is 17.2. The van der Waals surface area contributed by atoms with E-state index in [0.29, 0.717) is 11.8 Å². The fourth-order valence-corrected chi connectivity index (χ4v) is 5.81. The molecule has 0 N–H and O–H groups in total. The summed E-state index contributed by atoms with van der Waals surface area (Å²) in [6.45, 7) is 10.9. The molecule has 0 unspecified atom stereocenters. The van der Waals surface area contributed by atoms with Gasteiger partial charge in [-0.3, -0.25) is 0 Å². The van der Waals surface area contributed by atoms with Gasteiger partial charge in [0.25, 0.3) is 0 Å². The molecule has 0 radical (unpaired) electrons. The number of thiazole rings is 1.